The van der Waals surface area contributed by atoms with E-state index in [1.54, 1.807) is 29.2 Å². The van der Waals surface area contributed by atoms with Crippen LogP contribution in [-0.4, -0.2) is 43.0 Å². The van der Waals surface area contributed by atoms with Crippen LogP contribution in [0.5, 0.6) is 0 Å². The Morgan fingerprint density at radius 2 is 1.69 bits per heavy atom. The zero-order chi connectivity index (χ0) is 18.4. The van der Waals surface area contributed by atoms with Gasteiger partial charge >= 0.3 is 0 Å². The van der Waals surface area contributed by atoms with E-state index in [9.17, 15) is 9.59 Å². The van der Waals surface area contributed by atoms with Gasteiger partial charge < -0.3 is 15.0 Å². The van der Waals surface area contributed by atoms with E-state index in [-0.39, 0.29) is 17.7 Å². The van der Waals surface area contributed by atoms with Gasteiger partial charge in [-0.3, -0.25) is 9.59 Å². The van der Waals surface area contributed by atoms with Gasteiger partial charge in [0.2, 0.25) is 5.91 Å². The highest BCUT2D eigenvalue weighted by molar-refractivity contribution is 5.97. The molecule has 5 nitrogen and oxygen atoms in total. The molecule has 1 saturated heterocycles. The third kappa shape index (κ3) is 4.29. The maximum Gasteiger partial charge on any atom is 0.254 e. The van der Waals surface area contributed by atoms with E-state index in [4.69, 9.17) is 4.74 Å². The number of hydrogen-bond acceptors (Lipinski definition) is 3. The van der Waals surface area contributed by atoms with Crippen LogP contribution in [0.25, 0.3) is 0 Å². The Bertz CT molecular complexity index is 738. The van der Waals surface area contributed by atoms with Crippen molar-refractivity contribution in [3.63, 3.8) is 0 Å². The lowest BCUT2D eigenvalue weighted by molar-refractivity contribution is -0.117. The molecule has 2 aromatic rings. The minimum Gasteiger partial charge on any atom is -0.378 e. The molecule has 26 heavy (non-hydrogen) atoms. The highest BCUT2D eigenvalue weighted by atomic mass is 16.5. The molecule has 1 atom stereocenters. The summed E-state index contributed by atoms with van der Waals surface area (Å²) in [4.78, 5) is 26.9. The molecule has 0 saturated carbocycles. The number of benzene rings is 2. The van der Waals surface area contributed by atoms with Gasteiger partial charge in [-0.2, -0.15) is 0 Å². The first-order valence-corrected chi connectivity index (χ1v) is 9.02. The highest BCUT2D eigenvalue weighted by Crippen LogP contribution is 2.22. The number of rotatable bonds is 5. The Labute approximate surface area is 154 Å². The molecule has 0 bridgehead atoms. The monoisotopic (exact) mass is 352 g/mol. The second-order valence-corrected chi connectivity index (χ2v) is 6.34. The molecule has 1 aliphatic rings. The van der Waals surface area contributed by atoms with Crippen LogP contribution in [0.4, 0.5) is 5.69 Å². The molecule has 1 aliphatic heterocycles. The first-order valence-electron chi connectivity index (χ1n) is 9.02. The molecule has 0 aromatic heterocycles. The molecule has 2 amide bonds. The molecular formula is C21H24N2O3. The number of nitrogens with one attached hydrogen (secondary N) is 1. The second kappa shape index (κ2) is 8.63. The standard InChI is InChI=1S/C21H24N2O3/c1-2-19(16-6-4-3-5-7-16)20(24)22-18-10-8-17(9-11-18)21(25)23-12-14-26-15-13-23/h3-11,19H,2,12-15H2,1H3,(H,22,24). The molecule has 2 aromatic carbocycles. The van der Waals surface area contributed by atoms with E-state index in [0.717, 1.165) is 12.0 Å². The summed E-state index contributed by atoms with van der Waals surface area (Å²) in [5.74, 6) is -0.223. The van der Waals surface area contributed by atoms with E-state index in [2.05, 4.69) is 5.32 Å². The molecule has 0 aliphatic carbocycles. The predicted octanol–water partition coefficient (Wildman–Crippen LogP) is 3.29. The molecule has 1 fully saturated rings. The van der Waals surface area contributed by atoms with E-state index in [0.29, 0.717) is 37.6 Å². The molecule has 1 heterocycles. The average Bonchev–Trinajstić information content (AvgIpc) is 2.70. The molecular weight excluding hydrogens is 328 g/mol. The van der Waals surface area contributed by atoms with E-state index in [1.807, 2.05) is 37.3 Å². The van der Waals surface area contributed by atoms with Crippen LogP contribution in [0.2, 0.25) is 0 Å². The lowest BCUT2D eigenvalue weighted by Crippen LogP contribution is -2.40. The molecule has 5 heteroatoms. The fraction of sp³-hybridized carbons (Fsp3) is 0.333. The average molecular weight is 352 g/mol. The lowest BCUT2D eigenvalue weighted by atomic mass is 9.95. The summed E-state index contributed by atoms with van der Waals surface area (Å²) in [6.07, 6.45) is 0.726. The van der Waals surface area contributed by atoms with Crippen LogP contribution >= 0.6 is 0 Å². The Morgan fingerprint density at radius 1 is 1.04 bits per heavy atom. The van der Waals surface area contributed by atoms with Gasteiger partial charge in [0.1, 0.15) is 0 Å². The Balaban J connectivity index is 1.65. The number of nitrogens with zero attached hydrogens (tertiary/aromatic N) is 1. The minimum absolute atomic E-state index is 0.00176. The van der Waals surface area contributed by atoms with E-state index in [1.165, 1.54) is 0 Å². The van der Waals surface area contributed by atoms with Crippen molar-refractivity contribution in [1.29, 1.82) is 0 Å². The van der Waals surface area contributed by atoms with Crippen LogP contribution in [-0.2, 0) is 9.53 Å². The van der Waals surface area contributed by atoms with Gasteiger partial charge in [0.15, 0.2) is 0 Å². The quantitative estimate of drug-likeness (QED) is 0.898. The summed E-state index contributed by atoms with van der Waals surface area (Å²) in [6, 6.07) is 16.9. The van der Waals surface area contributed by atoms with Gasteiger partial charge in [-0.25, -0.2) is 0 Å². The maximum absolute atomic E-state index is 12.6. The van der Waals surface area contributed by atoms with Crippen molar-refractivity contribution in [3.05, 3.63) is 65.7 Å². The van der Waals surface area contributed by atoms with Gasteiger partial charge in [0.05, 0.1) is 19.1 Å². The zero-order valence-corrected chi connectivity index (χ0v) is 15.0. The number of amides is 2. The zero-order valence-electron chi connectivity index (χ0n) is 15.0. The van der Waals surface area contributed by atoms with E-state index >= 15 is 0 Å². The summed E-state index contributed by atoms with van der Waals surface area (Å²) >= 11 is 0. The van der Waals surface area contributed by atoms with E-state index < -0.39 is 0 Å². The second-order valence-electron chi connectivity index (χ2n) is 6.34. The Hall–Kier alpha value is -2.66. The normalized spacial score (nSPS) is 15.3. The summed E-state index contributed by atoms with van der Waals surface area (Å²) in [5, 5.41) is 2.95. The summed E-state index contributed by atoms with van der Waals surface area (Å²) < 4.78 is 5.28. The van der Waals surface area contributed by atoms with Gasteiger partial charge in [-0.15, -0.1) is 0 Å². The minimum atomic E-state index is -0.189. The van der Waals surface area contributed by atoms with Gasteiger partial charge in [0.25, 0.3) is 5.91 Å². The van der Waals surface area contributed by atoms with Crippen LogP contribution < -0.4 is 5.32 Å². The van der Waals surface area contributed by atoms with Crippen molar-refractivity contribution in [2.45, 2.75) is 19.3 Å². The third-order valence-corrected chi connectivity index (χ3v) is 4.62. The first-order chi connectivity index (χ1) is 12.7. The molecule has 1 N–H and O–H groups in total. The van der Waals surface area contributed by atoms with Crippen LogP contribution in [0.3, 0.4) is 0 Å². The number of ether oxygens (including phenoxy) is 1. The van der Waals surface area contributed by atoms with Crippen molar-refractivity contribution in [2.75, 3.05) is 31.6 Å². The topological polar surface area (TPSA) is 58.6 Å². The van der Waals surface area contributed by atoms with Gasteiger partial charge in [0, 0.05) is 24.3 Å². The number of morpholine rings is 1. The van der Waals surface area contributed by atoms with Crippen molar-refractivity contribution in [1.82, 2.24) is 4.90 Å². The van der Waals surface area contributed by atoms with Crippen LogP contribution in [0, 0.1) is 0 Å². The summed E-state index contributed by atoms with van der Waals surface area (Å²) in [5.41, 5.74) is 2.33. The molecule has 0 radical (unpaired) electrons. The van der Waals surface area contributed by atoms with Crippen LogP contribution in [0.15, 0.2) is 54.6 Å². The predicted molar refractivity (Wildman–Crippen MR) is 101 cm³/mol. The fourth-order valence-electron chi connectivity index (χ4n) is 3.13. The maximum atomic E-state index is 12.6. The number of anilines is 1. The molecule has 0 spiro atoms. The largest absolute Gasteiger partial charge is 0.378 e. The van der Waals surface area contributed by atoms with Crippen molar-refractivity contribution in [3.8, 4) is 0 Å². The van der Waals surface area contributed by atoms with Gasteiger partial charge in [-0.1, -0.05) is 37.3 Å². The molecule has 136 valence electrons. The summed E-state index contributed by atoms with van der Waals surface area (Å²) in [6.45, 7) is 4.40. The van der Waals surface area contributed by atoms with Crippen molar-refractivity contribution < 1.29 is 14.3 Å². The Kier molecular flexibility index (Phi) is 6.02. The SMILES string of the molecule is CCC(C(=O)Nc1ccc(C(=O)N2CCOCC2)cc1)c1ccccc1. The number of carbonyl (C=O) groups excluding carboxylic acids is 2. The molecule has 1 unspecified atom stereocenters. The highest BCUT2D eigenvalue weighted by Gasteiger charge is 2.20. The van der Waals surface area contributed by atoms with Crippen molar-refractivity contribution >= 4 is 17.5 Å². The lowest BCUT2D eigenvalue weighted by Gasteiger charge is -2.26. The Morgan fingerprint density at radius 3 is 2.31 bits per heavy atom. The number of carbonyl (C=O) groups is 2. The first kappa shape index (κ1) is 18.1. The smallest absolute Gasteiger partial charge is 0.254 e. The third-order valence-electron chi connectivity index (χ3n) is 4.62. The number of hydrogen-bond donors (Lipinski definition) is 1. The molecule has 3 rings (SSSR count). The van der Waals surface area contributed by atoms with Gasteiger partial charge in [-0.05, 0) is 36.2 Å². The van der Waals surface area contributed by atoms with Crippen molar-refractivity contribution in [2.24, 2.45) is 0 Å². The van der Waals surface area contributed by atoms with Crippen LogP contribution in [0.1, 0.15) is 35.2 Å². The summed E-state index contributed by atoms with van der Waals surface area (Å²) in [7, 11) is 0. The fourth-order valence-corrected chi connectivity index (χ4v) is 3.13.